The van der Waals surface area contributed by atoms with Gasteiger partial charge in [0.2, 0.25) is 0 Å². The van der Waals surface area contributed by atoms with E-state index in [1.165, 1.54) is 18.1 Å². The topological polar surface area (TPSA) is 0 Å². The summed E-state index contributed by atoms with van der Waals surface area (Å²) in [6.45, 7) is 10.4. The molecule has 0 bridgehead atoms. The first-order chi connectivity index (χ1) is 5.24. The van der Waals surface area contributed by atoms with Crippen LogP contribution in [0.25, 0.3) is 0 Å². The molecule has 0 nitrogen and oxygen atoms in total. The van der Waals surface area contributed by atoms with Gasteiger partial charge in [-0.2, -0.15) is 0 Å². The van der Waals surface area contributed by atoms with Crippen LogP contribution in [0.5, 0.6) is 0 Å². The van der Waals surface area contributed by atoms with Gasteiger partial charge in [-0.3, -0.25) is 0 Å². The van der Waals surface area contributed by atoms with Crippen LogP contribution >= 0.6 is 0 Å². The van der Waals surface area contributed by atoms with Crippen LogP contribution in [0.4, 0.5) is 0 Å². The molecule has 62 valence electrons. The summed E-state index contributed by atoms with van der Waals surface area (Å²) < 4.78 is 0. The highest BCUT2D eigenvalue weighted by molar-refractivity contribution is 6.87. The normalized spacial score (nSPS) is 10.1. The first-order valence-electron chi connectivity index (χ1n) is 4.38. The molecule has 0 aliphatic heterocycles. The Morgan fingerprint density at radius 2 is 1.64 bits per heavy atom. The molecule has 0 heterocycles. The first-order valence-corrected chi connectivity index (χ1v) is 7.00. The Morgan fingerprint density at radius 1 is 1.18 bits per heavy atom. The molecule has 0 radical (unpaired) electrons. The van der Waals surface area contributed by atoms with Crippen molar-refractivity contribution in [3.8, 4) is 11.5 Å². The van der Waals surface area contributed by atoms with E-state index >= 15 is 0 Å². The number of allylic oxidation sites excluding steroid dienone is 1. The number of hydrogen-bond acceptors (Lipinski definition) is 0. The van der Waals surface area contributed by atoms with E-state index < -0.39 is 8.07 Å². The minimum atomic E-state index is -1.17. The highest BCUT2D eigenvalue weighted by Gasteiger charge is 2.23. The van der Waals surface area contributed by atoms with E-state index in [1.54, 1.807) is 6.08 Å². The lowest BCUT2D eigenvalue weighted by molar-refractivity contribution is 1.20. The van der Waals surface area contributed by atoms with E-state index in [0.717, 1.165) is 0 Å². The zero-order valence-electron chi connectivity index (χ0n) is 7.91. The molecule has 0 unspecified atom stereocenters. The van der Waals surface area contributed by atoms with E-state index in [-0.39, 0.29) is 0 Å². The van der Waals surface area contributed by atoms with Crippen LogP contribution in [0.1, 0.15) is 20.8 Å². The van der Waals surface area contributed by atoms with E-state index in [1.807, 2.05) is 0 Å². The lowest BCUT2D eigenvalue weighted by atomic mass is 10.7. The molecule has 1 heteroatoms. The van der Waals surface area contributed by atoms with Crippen LogP contribution < -0.4 is 0 Å². The first kappa shape index (κ1) is 10.5. The summed E-state index contributed by atoms with van der Waals surface area (Å²) in [5.74, 6) is 3.02. The molecule has 0 N–H and O–H groups in total. The van der Waals surface area contributed by atoms with Crippen molar-refractivity contribution in [3.05, 3.63) is 12.7 Å². The molecule has 0 saturated carbocycles. The van der Waals surface area contributed by atoms with Crippen molar-refractivity contribution in [2.45, 2.75) is 38.9 Å². The highest BCUT2D eigenvalue weighted by atomic mass is 28.3. The van der Waals surface area contributed by atoms with Crippen LogP contribution in [-0.2, 0) is 0 Å². The Balaban J connectivity index is 4.40. The average Bonchev–Trinajstić information content (AvgIpc) is 2.08. The number of hydrogen-bond donors (Lipinski definition) is 0. The Kier molecular flexibility index (Phi) is 4.98. The molecule has 0 amide bonds. The molecule has 0 saturated heterocycles. The van der Waals surface area contributed by atoms with Crippen LogP contribution in [0.15, 0.2) is 12.7 Å². The molecule has 0 aromatic carbocycles. The predicted octanol–water partition coefficient (Wildman–Crippen LogP) is 3.22. The van der Waals surface area contributed by atoms with Crippen molar-refractivity contribution in [2.24, 2.45) is 0 Å². The zero-order valence-corrected chi connectivity index (χ0v) is 8.91. The lowest BCUT2D eigenvalue weighted by Gasteiger charge is -2.19. The maximum atomic E-state index is 3.62. The molecule has 0 atom stereocenters. The Hall–Kier alpha value is -0.483. The molecule has 0 aromatic heterocycles. The summed E-state index contributed by atoms with van der Waals surface area (Å²) in [5, 5.41) is 0. The quantitative estimate of drug-likeness (QED) is 0.446. The van der Waals surface area contributed by atoms with Crippen molar-refractivity contribution in [1.82, 2.24) is 0 Å². The third kappa shape index (κ3) is 2.94. The summed E-state index contributed by atoms with van der Waals surface area (Å²) in [5.41, 5.74) is 3.40. The fourth-order valence-electron chi connectivity index (χ4n) is 1.22. The van der Waals surface area contributed by atoms with Crippen molar-refractivity contribution < 1.29 is 0 Å². The molecular formula is C10H18Si. The van der Waals surface area contributed by atoms with Crippen molar-refractivity contribution >= 4 is 8.07 Å². The smallest absolute Gasteiger partial charge is 0.127 e. The summed E-state index contributed by atoms with van der Waals surface area (Å²) >= 11 is 0. The molecule has 0 fully saturated rings. The monoisotopic (exact) mass is 166 g/mol. The number of rotatable bonds is 3. The van der Waals surface area contributed by atoms with Gasteiger partial charge in [0.25, 0.3) is 0 Å². The predicted molar refractivity (Wildman–Crippen MR) is 55.2 cm³/mol. The maximum Gasteiger partial charge on any atom is 0.138 e. The van der Waals surface area contributed by atoms with Crippen molar-refractivity contribution in [3.63, 3.8) is 0 Å². The van der Waals surface area contributed by atoms with Gasteiger partial charge in [-0.1, -0.05) is 33.3 Å². The fraction of sp³-hybridized carbons (Fsp3) is 0.600. The van der Waals surface area contributed by atoms with Gasteiger partial charge < -0.3 is 0 Å². The van der Waals surface area contributed by atoms with Crippen LogP contribution in [0.3, 0.4) is 0 Å². The van der Waals surface area contributed by atoms with Gasteiger partial charge in [-0.15, -0.1) is 5.54 Å². The second-order valence-electron chi connectivity index (χ2n) is 2.81. The van der Waals surface area contributed by atoms with E-state index in [4.69, 9.17) is 0 Å². The summed E-state index contributed by atoms with van der Waals surface area (Å²) in [6.07, 6.45) is 1.71. The zero-order chi connectivity index (χ0) is 8.74. The third-order valence-corrected chi connectivity index (χ3v) is 7.21. The molecule has 0 aliphatic rings. The Bertz CT molecular complexity index is 159. The third-order valence-electron chi connectivity index (χ3n) is 2.47. The second-order valence-corrected chi connectivity index (χ2v) is 7.75. The standard InChI is InChI=1S/C10H18Si/c1-5-9-10-11(6-2,7-3)8-4/h5H,1,6-8H2,2-4H3. The molecule has 0 aromatic rings. The van der Waals surface area contributed by atoms with E-state index in [0.29, 0.717) is 0 Å². The SMILES string of the molecule is C=CC#C[Si](CC)(CC)CC. The second kappa shape index (κ2) is 5.20. The van der Waals surface area contributed by atoms with Gasteiger partial charge in [-0.05, 0) is 24.2 Å². The molecule has 0 rings (SSSR count). The summed E-state index contributed by atoms with van der Waals surface area (Å²) in [4.78, 5) is 0. The van der Waals surface area contributed by atoms with Crippen LogP contribution in [0.2, 0.25) is 18.1 Å². The minimum absolute atomic E-state index is 1.17. The van der Waals surface area contributed by atoms with Gasteiger partial charge >= 0.3 is 0 Å². The van der Waals surface area contributed by atoms with Crippen molar-refractivity contribution in [2.75, 3.05) is 0 Å². The molecular weight excluding hydrogens is 148 g/mol. The average molecular weight is 166 g/mol. The van der Waals surface area contributed by atoms with Gasteiger partial charge in [0.1, 0.15) is 8.07 Å². The Morgan fingerprint density at radius 3 is 1.91 bits per heavy atom. The van der Waals surface area contributed by atoms with Gasteiger partial charge in [-0.25, -0.2) is 0 Å². The van der Waals surface area contributed by atoms with Gasteiger partial charge in [0.05, 0.1) is 0 Å². The minimum Gasteiger partial charge on any atom is -0.127 e. The van der Waals surface area contributed by atoms with Gasteiger partial charge in [0, 0.05) is 0 Å². The maximum absolute atomic E-state index is 3.62. The van der Waals surface area contributed by atoms with Crippen LogP contribution in [-0.4, -0.2) is 8.07 Å². The lowest BCUT2D eigenvalue weighted by Crippen LogP contribution is -2.29. The molecule has 0 spiro atoms. The molecule has 11 heavy (non-hydrogen) atoms. The summed E-state index contributed by atoms with van der Waals surface area (Å²) in [7, 11) is -1.17. The summed E-state index contributed by atoms with van der Waals surface area (Å²) in [6, 6.07) is 3.84. The highest BCUT2D eigenvalue weighted by Crippen LogP contribution is 2.18. The van der Waals surface area contributed by atoms with Crippen molar-refractivity contribution in [1.29, 1.82) is 0 Å². The van der Waals surface area contributed by atoms with E-state index in [2.05, 4.69) is 38.8 Å². The van der Waals surface area contributed by atoms with Gasteiger partial charge in [0.15, 0.2) is 0 Å². The van der Waals surface area contributed by atoms with E-state index in [9.17, 15) is 0 Å². The van der Waals surface area contributed by atoms with Crippen LogP contribution in [0, 0.1) is 11.5 Å². The Labute approximate surface area is 71.7 Å². The largest absolute Gasteiger partial charge is 0.138 e. The fourth-order valence-corrected chi connectivity index (χ4v) is 3.66. The molecule has 0 aliphatic carbocycles.